The number of amides is 4. The highest BCUT2D eigenvalue weighted by Gasteiger charge is 2.30. The highest BCUT2D eigenvalue weighted by atomic mass is 16.4. The molecule has 0 fully saturated rings. The van der Waals surface area contributed by atoms with Crippen molar-refractivity contribution in [1.29, 1.82) is 0 Å². The zero-order valence-corrected chi connectivity index (χ0v) is 20.9. The van der Waals surface area contributed by atoms with Gasteiger partial charge in [0.15, 0.2) is 0 Å². The van der Waals surface area contributed by atoms with Gasteiger partial charge in [-0.15, -0.1) is 0 Å². The number of hydrogen-bond donors (Lipinski definition) is 7. The molecule has 0 saturated heterocycles. The summed E-state index contributed by atoms with van der Waals surface area (Å²) in [6, 6.07) is 9.91. The molecule has 0 aliphatic heterocycles. The van der Waals surface area contributed by atoms with E-state index in [0.717, 1.165) is 0 Å². The van der Waals surface area contributed by atoms with Crippen molar-refractivity contribution in [3.63, 3.8) is 0 Å². The molecule has 12 nitrogen and oxygen atoms in total. The Kier molecular flexibility index (Phi) is 11.2. The molecule has 4 amide bonds. The van der Waals surface area contributed by atoms with Crippen LogP contribution in [0.2, 0.25) is 0 Å². The summed E-state index contributed by atoms with van der Waals surface area (Å²) in [5.74, 6) is -4.19. The number of aromatic hydroxyl groups is 1. The van der Waals surface area contributed by atoms with E-state index in [1.54, 1.807) is 42.5 Å². The van der Waals surface area contributed by atoms with E-state index in [1.165, 1.54) is 19.1 Å². The van der Waals surface area contributed by atoms with Crippen LogP contribution in [-0.2, 0) is 36.8 Å². The average molecular weight is 528 g/mol. The van der Waals surface area contributed by atoms with Gasteiger partial charge in [0, 0.05) is 19.3 Å². The van der Waals surface area contributed by atoms with Crippen molar-refractivity contribution in [3.05, 3.63) is 65.7 Å². The molecule has 38 heavy (non-hydrogen) atoms. The second-order valence-electron chi connectivity index (χ2n) is 8.88. The molecule has 4 atom stereocenters. The van der Waals surface area contributed by atoms with Crippen molar-refractivity contribution in [3.8, 4) is 5.75 Å². The van der Waals surface area contributed by atoms with E-state index in [2.05, 4.69) is 16.0 Å². The minimum atomic E-state index is -1.32. The molecule has 4 unspecified atom stereocenters. The Hall–Kier alpha value is -4.45. The van der Waals surface area contributed by atoms with Gasteiger partial charge in [0.25, 0.3) is 0 Å². The fourth-order valence-corrected chi connectivity index (χ4v) is 3.53. The summed E-state index contributed by atoms with van der Waals surface area (Å²) in [5, 5.41) is 26.6. The monoisotopic (exact) mass is 527 g/mol. The van der Waals surface area contributed by atoms with Crippen LogP contribution in [0.5, 0.6) is 5.75 Å². The van der Waals surface area contributed by atoms with Gasteiger partial charge in [0.05, 0.1) is 6.04 Å². The Balaban J connectivity index is 2.22. The fraction of sp³-hybridized carbons (Fsp3) is 0.346. The standard InChI is InChI=1S/C26H33N5O7/c1-15(27)23(34)30-20(13-17-7-9-18(32)10-8-17)25(36)29-19(11-12-22(28)33)24(35)31-21(26(37)38)14-16-5-3-2-4-6-16/h2-10,15,19-21,32H,11-14,27H2,1H3,(H2,28,33)(H,29,36)(H,30,34)(H,31,35)(H,37,38). The first-order chi connectivity index (χ1) is 18.0. The largest absolute Gasteiger partial charge is 0.508 e. The third-order valence-electron chi connectivity index (χ3n) is 5.63. The topological polar surface area (TPSA) is 214 Å². The molecule has 0 bridgehead atoms. The summed E-state index contributed by atoms with van der Waals surface area (Å²) in [5.41, 5.74) is 12.1. The Morgan fingerprint density at radius 3 is 1.82 bits per heavy atom. The van der Waals surface area contributed by atoms with Crippen LogP contribution < -0.4 is 27.4 Å². The lowest BCUT2D eigenvalue weighted by Crippen LogP contribution is -2.57. The van der Waals surface area contributed by atoms with Gasteiger partial charge < -0.3 is 37.6 Å². The van der Waals surface area contributed by atoms with Gasteiger partial charge in [-0.1, -0.05) is 42.5 Å². The highest BCUT2D eigenvalue weighted by Crippen LogP contribution is 2.12. The Bertz CT molecular complexity index is 1120. The molecule has 12 heteroatoms. The van der Waals surface area contributed by atoms with Crippen LogP contribution in [0, 0.1) is 0 Å². The number of carboxylic acid groups (broad SMARTS) is 1. The van der Waals surface area contributed by atoms with Crippen LogP contribution in [0.25, 0.3) is 0 Å². The molecular weight excluding hydrogens is 494 g/mol. The third-order valence-corrected chi connectivity index (χ3v) is 5.63. The van der Waals surface area contributed by atoms with Crippen LogP contribution in [0.3, 0.4) is 0 Å². The molecule has 0 heterocycles. The predicted molar refractivity (Wildman–Crippen MR) is 137 cm³/mol. The van der Waals surface area contributed by atoms with Gasteiger partial charge in [0.1, 0.15) is 23.9 Å². The smallest absolute Gasteiger partial charge is 0.326 e. The first-order valence-corrected chi connectivity index (χ1v) is 12.0. The van der Waals surface area contributed by atoms with Crippen LogP contribution in [0.15, 0.2) is 54.6 Å². The molecule has 2 aromatic rings. The number of primary amides is 1. The van der Waals surface area contributed by atoms with Crippen molar-refractivity contribution < 1.29 is 34.2 Å². The minimum absolute atomic E-state index is 0.000486. The summed E-state index contributed by atoms with van der Waals surface area (Å²) >= 11 is 0. The van der Waals surface area contributed by atoms with Crippen molar-refractivity contribution >= 4 is 29.6 Å². The number of carbonyl (C=O) groups is 5. The lowest BCUT2D eigenvalue weighted by molar-refractivity contribution is -0.142. The Morgan fingerprint density at radius 1 is 0.763 bits per heavy atom. The van der Waals surface area contributed by atoms with Crippen molar-refractivity contribution in [2.75, 3.05) is 0 Å². The summed E-state index contributed by atoms with van der Waals surface area (Å²) in [7, 11) is 0. The van der Waals surface area contributed by atoms with Crippen molar-refractivity contribution in [1.82, 2.24) is 16.0 Å². The lowest BCUT2D eigenvalue weighted by Gasteiger charge is -2.25. The number of phenols is 1. The first-order valence-electron chi connectivity index (χ1n) is 12.0. The molecule has 2 aromatic carbocycles. The van der Waals surface area contributed by atoms with Crippen LogP contribution in [-0.4, -0.2) is 64.0 Å². The molecule has 0 saturated carbocycles. The highest BCUT2D eigenvalue weighted by molar-refractivity contribution is 5.94. The zero-order chi connectivity index (χ0) is 28.2. The summed E-state index contributed by atoms with van der Waals surface area (Å²) in [6.45, 7) is 1.44. The number of aliphatic carboxylic acids is 1. The van der Waals surface area contributed by atoms with Gasteiger partial charge in [-0.3, -0.25) is 19.2 Å². The van der Waals surface area contributed by atoms with Gasteiger partial charge >= 0.3 is 5.97 Å². The molecule has 0 aliphatic carbocycles. The Morgan fingerprint density at radius 2 is 1.26 bits per heavy atom. The molecule has 0 radical (unpaired) electrons. The van der Waals surface area contributed by atoms with Gasteiger partial charge in [-0.05, 0) is 36.6 Å². The fourth-order valence-electron chi connectivity index (χ4n) is 3.53. The molecule has 0 aromatic heterocycles. The predicted octanol–water partition coefficient (Wildman–Crippen LogP) is -0.671. The third kappa shape index (κ3) is 9.90. The van der Waals surface area contributed by atoms with E-state index >= 15 is 0 Å². The zero-order valence-electron chi connectivity index (χ0n) is 20.9. The van der Waals surface area contributed by atoms with Crippen LogP contribution in [0.1, 0.15) is 30.9 Å². The van der Waals surface area contributed by atoms with E-state index < -0.39 is 53.8 Å². The molecule has 9 N–H and O–H groups in total. The number of carboxylic acids is 1. The van der Waals surface area contributed by atoms with Gasteiger partial charge in [0.2, 0.25) is 23.6 Å². The molecule has 204 valence electrons. The lowest BCUT2D eigenvalue weighted by atomic mass is 10.0. The minimum Gasteiger partial charge on any atom is -0.508 e. The number of phenolic OH excluding ortho intramolecular Hbond substituents is 1. The van der Waals surface area contributed by atoms with E-state index in [4.69, 9.17) is 11.5 Å². The number of nitrogens with one attached hydrogen (secondary N) is 3. The SMILES string of the molecule is CC(N)C(=O)NC(Cc1ccc(O)cc1)C(=O)NC(CCC(N)=O)C(=O)NC(Cc1ccccc1)C(=O)O. The van der Waals surface area contributed by atoms with Crippen molar-refractivity contribution in [2.24, 2.45) is 11.5 Å². The molecule has 2 rings (SSSR count). The number of nitrogens with two attached hydrogens (primary N) is 2. The first kappa shape index (κ1) is 29.8. The Labute approximate surface area is 219 Å². The van der Waals surface area contributed by atoms with E-state index in [9.17, 15) is 34.2 Å². The summed E-state index contributed by atoms with van der Waals surface area (Å²) < 4.78 is 0. The second kappa shape index (κ2) is 14.3. The maximum absolute atomic E-state index is 13.2. The maximum atomic E-state index is 13.2. The number of rotatable bonds is 14. The van der Waals surface area contributed by atoms with E-state index in [-0.39, 0.29) is 31.4 Å². The number of hydrogen-bond acceptors (Lipinski definition) is 7. The molecular formula is C26H33N5O7. The second-order valence-corrected chi connectivity index (χ2v) is 8.88. The number of carbonyl (C=O) groups excluding carboxylic acids is 4. The van der Waals surface area contributed by atoms with Gasteiger partial charge in [-0.25, -0.2) is 4.79 Å². The van der Waals surface area contributed by atoms with E-state index in [0.29, 0.717) is 11.1 Å². The maximum Gasteiger partial charge on any atom is 0.326 e. The summed E-state index contributed by atoms with van der Waals surface area (Å²) in [6.07, 6.45) is -0.464. The number of benzene rings is 2. The van der Waals surface area contributed by atoms with E-state index in [1.807, 2.05) is 0 Å². The van der Waals surface area contributed by atoms with Crippen LogP contribution in [0.4, 0.5) is 0 Å². The van der Waals surface area contributed by atoms with Gasteiger partial charge in [-0.2, -0.15) is 0 Å². The normalized spacial score (nSPS) is 13.8. The quantitative estimate of drug-likeness (QED) is 0.167. The molecule has 0 spiro atoms. The average Bonchev–Trinajstić information content (AvgIpc) is 2.87. The molecule has 0 aliphatic rings. The van der Waals surface area contributed by atoms with Crippen molar-refractivity contribution in [2.45, 2.75) is 56.8 Å². The summed E-state index contributed by atoms with van der Waals surface area (Å²) in [4.78, 5) is 61.8. The van der Waals surface area contributed by atoms with Crippen LogP contribution >= 0.6 is 0 Å².